The van der Waals surface area contributed by atoms with Gasteiger partial charge in [0, 0.05) is 12.7 Å². The van der Waals surface area contributed by atoms with Crippen LogP contribution in [0.15, 0.2) is 12.1 Å². The monoisotopic (exact) mass is 244 g/mol. The average molecular weight is 244 g/mol. The first kappa shape index (κ1) is 14.6. The number of anilines is 1. The Morgan fingerprint density at radius 2 is 1.61 bits per heavy atom. The molecule has 0 amide bonds. The summed E-state index contributed by atoms with van der Waals surface area (Å²) in [6.45, 7) is 12.8. The van der Waals surface area contributed by atoms with Gasteiger partial charge in [-0.3, -0.25) is 0 Å². The van der Waals surface area contributed by atoms with E-state index in [1.54, 1.807) is 0 Å². The van der Waals surface area contributed by atoms with Gasteiger partial charge in [-0.25, -0.2) is 0 Å². The minimum absolute atomic E-state index is 0.108. The highest BCUT2D eigenvalue weighted by Crippen LogP contribution is 2.31. The van der Waals surface area contributed by atoms with Gasteiger partial charge in [-0.05, 0) is 42.9 Å². The molecular weight excluding hydrogens is 220 g/mol. The lowest BCUT2D eigenvalue weighted by atomic mass is 9.84. The van der Waals surface area contributed by atoms with Gasteiger partial charge < -0.3 is 4.90 Å². The molecule has 0 saturated carbocycles. The Hall–Kier alpha value is -1.49. The molecule has 1 unspecified atom stereocenters. The molecule has 0 radical (unpaired) electrons. The van der Waals surface area contributed by atoms with Crippen molar-refractivity contribution in [3.63, 3.8) is 0 Å². The largest absolute Gasteiger partial charge is 0.359 e. The van der Waals surface area contributed by atoms with Gasteiger partial charge in [-0.2, -0.15) is 5.26 Å². The first-order chi connectivity index (χ1) is 8.18. The van der Waals surface area contributed by atoms with Gasteiger partial charge >= 0.3 is 0 Å². The van der Waals surface area contributed by atoms with E-state index in [4.69, 9.17) is 5.26 Å². The highest BCUT2D eigenvalue weighted by molar-refractivity contribution is 5.61. The van der Waals surface area contributed by atoms with Crippen LogP contribution in [0.5, 0.6) is 0 Å². The lowest BCUT2D eigenvalue weighted by Crippen LogP contribution is -2.29. The number of aryl methyl sites for hydroxylation is 2. The molecule has 1 rings (SSSR count). The standard InChI is InChI=1S/C16H24N2/c1-11-8-14(16(4,5)6)9-12(2)15(11)18(7)13(3)10-17/h8-9,13H,1-7H3. The van der Waals surface area contributed by atoms with Crippen molar-refractivity contribution in [1.29, 1.82) is 5.26 Å². The number of nitrogens with zero attached hydrogens (tertiary/aromatic N) is 2. The maximum atomic E-state index is 9.04. The van der Waals surface area contributed by atoms with Gasteiger partial charge in [-0.1, -0.05) is 32.9 Å². The molecule has 0 aliphatic heterocycles. The van der Waals surface area contributed by atoms with Crippen molar-refractivity contribution in [2.45, 2.75) is 53.0 Å². The molecule has 1 aromatic rings. The maximum Gasteiger partial charge on any atom is 0.113 e. The first-order valence-electron chi connectivity index (χ1n) is 6.42. The Labute approximate surface area is 111 Å². The van der Waals surface area contributed by atoms with Gasteiger partial charge in [0.1, 0.15) is 6.04 Å². The molecule has 0 fully saturated rings. The van der Waals surface area contributed by atoms with Crippen LogP contribution in [0.2, 0.25) is 0 Å². The summed E-state index contributed by atoms with van der Waals surface area (Å²) in [4.78, 5) is 2.05. The van der Waals surface area contributed by atoms with E-state index in [1.807, 2.05) is 14.0 Å². The van der Waals surface area contributed by atoms with E-state index < -0.39 is 0 Å². The van der Waals surface area contributed by atoms with Crippen LogP contribution in [0.25, 0.3) is 0 Å². The molecular formula is C16H24N2. The summed E-state index contributed by atoms with van der Waals surface area (Å²) in [6.07, 6.45) is 0. The first-order valence-corrected chi connectivity index (χ1v) is 6.42. The van der Waals surface area contributed by atoms with Gasteiger partial charge in [0.15, 0.2) is 0 Å². The zero-order valence-electron chi connectivity index (χ0n) is 12.6. The van der Waals surface area contributed by atoms with Crippen molar-refractivity contribution in [3.8, 4) is 6.07 Å². The summed E-state index contributed by atoms with van der Waals surface area (Å²) >= 11 is 0. The summed E-state index contributed by atoms with van der Waals surface area (Å²) in [6, 6.07) is 6.66. The SMILES string of the molecule is Cc1cc(C(C)(C)C)cc(C)c1N(C)C(C)C#N. The third kappa shape index (κ3) is 2.85. The van der Waals surface area contributed by atoms with Crippen molar-refractivity contribution in [3.05, 3.63) is 28.8 Å². The lowest BCUT2D eigenvalue weighted by molar-refractivity contribution is 0.589. The maximum absolute atomic E-state index is 9.04. The molecule has 1 aromatic carbocycles. The van der Waals surface area contributed by atoms with E-state index in [0.717, 1.165) is 0 Å². The van der Waals surface area contributed by atoms with Crippen LogP contribution in [-0.4, -0.2) is 13.1 Å². The molecule has 1 atom stereocenters. The van der Waals surface area contributed by atoms with Crippen LogP contribution in [0, 0.1) is 25.2 Å². The van der Waals surface area contributed by atoms with E-state index >= 15 is 0 Å². The van der Waals surface area contributed by atoms with Gasteiger partial charge in [0.2, 0.25) is 0 Å². The van der Waals surface area contributed by atoms with Gasteiger partial charge in [0.05, 0.1) is 6.07 Å². The van der Waals surface area contributed by atoms with Crippen LogP contribution in [0.1, 0.15) is 44.4 Å². The molecule has 2 heteroatoms. The summed E-state index contributed by atoms with van der Waals surface area (Å²) in [5.41, 5.74) is 5.17. The van der Waals surface area contributed by atoms with Crippen molar-refractivity contribution >= 4 is 5.69 Å². The quantitative estimate of drug-likeness (QED) is 0.787. The highest BCUT2D eigenvalue weighted by Gasteiger charge is 2.19. The summed E-state index contributed by atoms with van der Waals surface area (Å²) in [5.74, 6) is 0. The smallest absolute Gasteiger partial charge is 0.113 e. The average Bonchev–Trinajstić information content (AvgIpc) is 2.25. The van der Waals surface area contributed by atoms with Gasteiger partial charge in [0.25, 0.3) is 0 Å². The Morgan fingerprint density at radius 1 is 1.17 bits per heavy atom. The van der Waals surface area contributed by atoms with Gasteiger partial charge in [-0.15, -0.1) is 0 Å². The topological polar surface area (TPSA) is 27.0 Å². The molecule has 0 heterocycles. The fraction of sp³-hybridized carbons (Fsp3) is 0.562. The minimum atomic E-state index is -0.108. The minimum Gasteiger partial charge on any atom is -0.359 e. The van der Waals surface area contributed by atoms with E-state index in [1.165, 1.54) is 22.4 Å². The molecule has 0 N–H and O–H groups in total. The second kappa shape index (κ2) is 5.02. The van der Waals surface area contributed by atoms with Crippen molar-refractivity contribution < 1.29 is 0 Å². The summed E-state index contributed by atoms with van der Waals surface area (Å²) in [7, 11) is 1.99. The molecule has 0 aliphatic rings. The predicted octanol–water partition coefficient (Wildman–Crippen LogP) is 3.95. The number of benzene rings is 1. The van der Waals surface area contributed by atoms with E-state index in [0.29, 0.717) is 0 Å². The third-order valence-corrected chi connectivity index (χ3v) is 3.48. The predicted molar refractivity (Wildman–Crippen MR) is 78.1 cm³/mol. The van der Waals surface area contributed by atoms with Crippen molar-refractivity contribution in [2.75, 3.05) is 11.9 Å². The molecule has 0 bridgehead atoms. The second-order valence-electron chi connectivity index (χ2n) is 6.12. The molecule has 0 aliphatic carbocycles. The number of nitriles is 1. The molecule has 98 valence electrons. The van der Waals surface area contributed by atoms with Crippen LogP contribution >= 0.6 is 0 Å². The van der Waals surface area contributed by atoms with Crippen LogP contribution in [-0.2, 0) is 5.41 Å². The van der Waals surface area contributed by atoms with E-state index in [2.05, 4.69) is 57.7 Å². The Morgan fingerprint density at radius 3 is 1.94 bits per heavy atom. The Kier molecular flexibility index (Phi) is 4.06. The van der Waals surface area contributed by atoms with Crippen LogP contribution in [0.3, 0.4) is 0 Å². The zero-order valence-corrected chi connectivity index (χ0v) is 12.6. The molecule has 0 aromatic heterocycles. The highest BCUT2D eigenvalue weighted by atomic mass is 15.1. The fourth-order valence-electron chi connectivity index (χ4n) is 2.23. The van der Waals surface area contributed by atoms with Crippen molar-refractivity contribution in [2.24, 2.45) is 0 Å². The normalized spacial score (nSPS) is 13.0. The Bertz CT molecular complexity index is 452. The fourth-order valence-corrected chi connectivity index (χ4v) is 2.23. The zero-order chi connectivity index (χ0) is 14.1. The Balaban J connectivity index is 3.30. The summed E-state index contributed by atoms with van der Waals surface area (Å²) in [5, 5.41) is 9.04. The number of rotatable bonds is 2. The lowest BCUT2D eigenvalue weighted by Gasteiger charge is -2.28. The molecule has 0 saturated heterocycles. The second-order valence-corrected chi connectivity index (χ2v) is 6.12. The van der Waals surface area contributed by atoms with Crippen molar-refractivity contribution in [1.82, 2.24) is 0 Å². The number of hydrogen-bond donors (Lipinski definition) is 0. The molecule has 18 heavy (non-hydrogen) atoms. The molecule has 2 nitrogen and oxygen atoms in total. The van der Waals surface area contributed by atoms with Crippen LogP contribution < -0.4 is 4.90 Å². The third-order valence-electron chi connectivity index (χ3n) is 3.48. The summed E-state index contributed by atoms with van der Waals surface area (Å²) < 4.78 is 0. The molecule has 0 spiro atoms. The van der Waals surface area contributed by atoms with Crippen LogP contribution in [0.4, 0.5) is 5.69 Å². The van der Waals surface area contributed by atoms with E-state index in [-0.39, 0.29) is 11.5 Å². The van der Waals surface area contributed by atoms with E-state index in [9.17, 15) is 0 Å². The number of hydrogen-bond acceptors (Lipinski definition) is 2.